The third kappa shape index (κ3) is 4.40. The van der Waals surface area contributed by atoms with Gasteiger partial charge in [-0.05, 0) is 57.7 Å². The molecular formula is C20H29N3O2. The number of hydrogen-bond acceptors (Lipinski definition) is 3. The van der Waals surface area contributed by atoms with Crippen molar-refractivity contribution in [3.63, 3.8) is 0 Å². The number of nitrogens with one attached hydrogen (secondary N) is 2. The number of piperidine rings is 2. The van der Waals surface area contributed by atoms with Crippen LogP contribution in [0.3, 0.4) is 0 Å². The Morgan fingerprint density at radius 1 is 1.20 bits per heavy atom. The first-order valence-corrected chi connectivity index (χ1v) is 9.51. The topological polar surface area (TPSA) is 61.4 Å². The summed E-state index contributed by atoms with van der Waals surface area (Å²) in [6.45, 7) is 4.94. The minimum Gasteiger partial charge on any atom is -0.335 e. The lowest BCUT2D eigenvalue weighted by Gasteiger charge is -2.49. The van der Waals surface area contributed by atoms with Crippen LogP contribution in [0, 0.1) is 0 Å². The number of ketones is 1. The molecule has 2 bridgehead atoms. The fourth-order valence-corrected chi connectivity index (χ4v) is 4.39. The van der Waals surface area contributed by atoms with Gasteiger partial charge < -0.3 is 10.6 Å². The van der Waals surface area contributed by atoms with Crippen molar-refractivity contribution >= 4 is 17.5 Å². The standard InChI is InChI=1S/C20H29N3O2/c1-3-10-23-18-8-5-9-19(23)13-17(12-18)22-20(25)21-16-7-4-6-15(11-16)14(2)24/h4,6-7,11,17-19H,3,5,8-10,12-13H2,1-2H3,(H2,21,22,25)/t17?,18-,19+. The van der Waals surface area contributed by atoms with Gasteiger partial charge in [0.1, 0.15) is 0 Å². The number of nitrogens with zero attached hydrogens (tertiary/aromatic N) is 1. The second-order valence-corrected chi connectivity index (χ2v) is 7.38. The Morgan fingerprint density at radius 3 is 2.56 bits per heavy atom. The highest BCUT2D eigenvalue weighted by molar-refractivity contribution is 5.96. The van der Waals surface area contributed by atoms with Crippen LogP contribution in [-0.2, 0) is 0 Å². The predicted octanol–water partition coefficient (Wildman–Crippen LogP) is 3.81. The van der Waals surface area contributed by atoms with Crippen molar-refractivity contribution in [1.82, 2.24) is 10.2 Å². The fourth-order valence-electron chi connectivity index (χ4n) is 4.39. The highest BCUT2D eigenvalue weighted by atomic mass is 16.2. The van der Waals surface area contributed by atoms with Crippen molar-refractivity contribution in [2.75, 3.05) is 11.9 Å². The maximum absolute atomic E-state index is 12.4. The number of hydrogen-bond donors (Lipinski definition) is 2. The molecule has 2 aliphatic rings. The summed E-state index contributed by atoms with van der Waals surface area (Å²) in [4.78, 5) is 26.5. The van der Waals surface area contributed by atoms with Gasteiger partial charge in [0.05, 0.1) is 0 Å². The molecule has 2 saturated heterocycles. The molecule has 136 valence electrons. The summed E-state index contributed by atoms with van der Waals surface area (Å²) in [6, 6.07) is 8.37. The first-order valence-electron chi connectivity index (χ1n) is 9.51. The van der Waals surface area contributed by atoms with Gasteiger partial charge in [-0.1, -0.05) is 25.5 Å². The van der Waals surface area contributed by atoms with Crippen LogP contribution in [0.1, 0.15) is 62.7 Å². The number of rotatable bonds is 5. The SMILES string of the molecule is CCCN1[C@@H]2CCC[C@H]1CC(NC(=O)Nc1cccc(C(C)=O)c1)C2. The zero-order valence-electron chi connectivity index (χ0n) is 15.3. The number of amides is 2. The van der Waals surface area contributed by atoms with Gasteiger partial charge in [0.2, 0.25) is 0 Å². The second kappa shape index (κ2) is 8.00. The van der Waals surface area contributed by atoms with E-state index in [4.69, 9.17) is 0 Å². The molecule has 0 aromatic heterocycles. The van der Waals surface area contributed by atoms with E-state index in [-0.39, 0.29) is 17.9 Å². The van der Waals surface area contributed by atoms with E-state index >= 15 is 0 Å². The maximum Gasteiger partial charge on any atom is 0.319 e. The van der Waals surface area contributed by atoms with Gasteiger partial charge in [0, 0.05) is 29.4 Å². The molecule has 2 fully saturated rings. The molecule has 0 aliphatic carbocycles. The Kier molecular flexibility index (Phi) is 5.74. The average Bonchev–Trinajstić information content (AvgIpc) is 2.56. The quantitative estimate of drug-likeness (QED) is 0.799. The van der Waals surface area contributed by atoms with E-state index in [1.54, 1.807) is 18.2 Å². The summed E-state index contributed by atoms with van der Waals surface area (Å²) in [5, 5.41) is 6.02. The van der Waals surface area contributed by atoms with Crippen molar-refractivity contribution in [2.24, 2.45) is 0 Å². The van der Waals surface area contributed by atoms with Crippen molar-refractivity contribution in [2.45, 2.75) is 70.5 Å². The number of urea groups is 1. The first-order chi connectivity index (χ1) is 12.1. The molecule has 0 saturated carbocycles. The Labute approximate surface area is 150 Å². The van der Waals surface area contributed by atoms with Crippen LogP contribution in [0.15, 0.2) is 24.3 Å². The Balaban J connectivity index is 1.57. The molecule has 5 heteroatoms. The van der Waals surface area contributed by atoms with Crippen molar-refractivity contribution < 1.29 is 9.59 Å². The van der Waals surface area contributed by atoms with Crippen LogP contribution >= 0.6 is 0 Å². The largest absolute Gasteiger partial charge is 0.335 e. The molecular weight excluding hydrogens is 314 g/mol. The molecule has 2 amide bonds. The van der Waals surface area contributed by atoms with Gasteiger partial charge in [-0.15, -0.1) is 0 Å². The van der Waals surface area contributed by atoms with E-state index in [2.05, 4.69) is 22.5 Å². The molecule has 2 aliphatic heterocycles. The van der Waals surface area contributed by atoms with Crippen molar-refractivity contribution in [3.05, 3.63) is 29.8 Å². The summed E-state index contributed by atoms with van der Waals surface area (Å²) < 4.78 is 0. The van der Waals surface area contributed by atoms with E-state index in [0.717, 1.165) is 12.8 Å². The fraction of sp³-hybridized carbons (Fsp3) is 0.600. The summed E-state index contributed by atoms with van der Waals surface area (Å²) in [7, 11) is 0. The Hall–Kier alpha value is -1.88. The van der Waals surface area contributed by atoms with E-state index in [9.17, 15) is 9.59 Å². The van der Waals surface area contributed by atoms with Gasteiger partial charge in [0.25, 0.3) is 0 Å². The highest BCUT2D eigenvalue weighted by Crippen LogP contribution is 2.34. The van der Waals surface area contributed by atoms with Gasteiger partial charge in [-0.3, -0.25) is 9.69 Å². The number of anilines is 1. The minimum absolute atomic E-state index is 0.000166. The summed E-state index contributed by atoms with van der Waals surface area (Å²) in [5.41, 5.74) is 1.27. The number of carbonyl (C=O) groups is 2. The molecule has 1 aromatic rings. The average molecular weight is 343 g/mol. The molecule has 5 nitrogen and oxygen atoms in total. The number of benzene rings is 1. The van der Waals surface area contributed by atoms with Crippen molar-refractivity contribution in [1.29, 1.82) is 0 Å². The molecule has 3 rings (SSSR count). The van der Waals surface area contributed by atoms with Crippen LogP contribution in [0.25, 0.3) is 0 Å². The number of fused-ring (bicyclic) bond motifs is 2. The molecule has 1 aromatic carbocycles. The van der Waals surface area contributed by atoms with Gasteiger partial charge >= 0.3 is 6.03 Å². The lowest BCUT2D eigenvalue weighted by molar-refractivity contribution is 0.0272. The summed E-state index contributed by atoms with van der Waals surface area (Å²) >= 11 is 0. The van der Waals surface area contributed by atoms with Crippen LogP contribution in [0.2, 0.25) is 0 Å². The Morgan fingerprint density at radius 2 is 1.92 bits per heavy atom. The molecule has 2 heterocycles. The monoisotopic (exact) mass is 343 g/mol. The number of carbonyl (C=O) groups excluding carboxylic acids is 2. The highest BCUT2D eigenvalue weighted by Gasteiger charge is 2.38. The summed E-state index contributed by atoms with van der Waals surface area (Å²) in [6.07, 6.45) is 7.08. The van der Waals surface area contributed by atoms with Gasteiger partial charge in [-0.2, -0.15) is 0 Å². The second-order valence-electron chi connectivity index (χ2n) is 7.38. The minimum atomic E-state index is -0.173. The maximum atomic E-state index is 12.4. The first kappa shape index (κ1) is 17.9. The molecule has 2 N–H and O–H groups in total. The van der Waals surface area contributed by atoms with Crippen molar-refractivity contribution in [3.8, 4) is 0 Å². The molecule has 3 atom stereocenters. The van der Waals surface area contributed by atoms with Crippen LogP contribution in [0.5, 0.6) is 0 Å². The molecule has 0 spiro atoms. The van der Waals surface area contributed by atoms with E-state index < -0.39 is 0 Å². The zero-order chi connectivity index (χ0) is 17.8. The third-order valence-corrected chi connectivity index (χ3v) is 5.47. The van der Waals surface area contributed by atoms with Crippen LogP contribution in [0.4, 0.5) is 10.5 Å². The third-order valence-electron chi connectivity index (χ3n) is 5.47. The van der Waals surface area contributed by atoms with E-state index in [1.807, 2.05) is 6.07 Å². The zero-order valence-corrected chi connectivity index (χ0v) is 15.3. The number of Topliss-reactive ketones (excluding diaryl/α,β-unsaturated/α-hetero) is 1. The Bertz CT molecular complexity index is 617. The molecule has 1 unspecified atom stereocenters. The molecule has 25 heavy (non-hydrogen) atoms. The molecule has 0 radical (unpaired) electrons. The van der Waals surface area contributed by atoms with E-state index in [1.165, 1.54) is 39.2 Å². The van der Waals surface area contributed by atoms with Gasteiger partial charge in [0.15, 0.2) is 5.78 Å². The van der Waals surface area contributed by atoms with E-state index in [0.29, 0.717) is 23.3 Å². The summed E-state index contributed by atoms with van der Waals surface area (Å²) in [5.74, 6) is 0.000166. The van der Waals surface area contributed by atoms with Crippen LogP contribution in [-0.4, -0.2) is 41.4 Å². The lowest BCUT2D eigenvalue weighted by atomic mass is 9.81. The van der Waals surface area contributed by atoms with Crippen LogP contribution < -0.4 is 10.6 Å². The smallest absolute Gasteiger partial charge is 0.319 e. The normalized spacial score (nSPS) is 26.1. The lowest BCUT2D eigenvalue weighted by Crippen LogP contribution is -2.57. The van der Waals surface area contributed by atoms with Gasteiger partial charge in [-0.25, -0.2) is 4.79 Å². The predicted molar refractivity (Wildman–Crippen MR) is 100 cm³/mol.